The van der Waals surface area contributed by atoms with Crippen LogP contribution in [0.1, 0.15) is 50.5 Å². The molecule has 0 spiro atoms. The van der Waals surface area contributed by atoms with Gasteiger partial charge < -0.3 is 18.6 Å². The maximum atomic E-state index is 13.9. The van der Waals surface area contributed by atoms with Gasteiger partial charge >= 0.3 is 5.97 Å². The molecule has 2 aromatic carbocycles. The molecule has 1 heterocycles. The van der Waals surface area contributed by atoms with E-state index in [9.17, 15) is 26.7 Å². The summed E-state index contributed by atoms with van der Waals surface area (Å²) in [5, 5.41) is -0.0681. The summed E-state index contributed by atoms with van der Waals surface area (Å²) in [4.78, 5) is 12.6. The summed E-state index contributed by atoms with van der Waals surface area (Å²) in [6, 6.07) is 2.63. The first-order valence-electron chi connectivity index (χ1n) is 10.3. The molecule has 2 radical (unpaired) electrons. The van der Waals surface area contributed by atoms with Crippen LogP contribution in [0.5, 0.6) is 17.2 Å². The van der Waals surface area contributed by atoms with Crippen molar-refractivity contribution in [2.45, 2.75) is 58.3 Å². The number of benzene rings is 2. The van der Waals surface area contributed by atoms with Crippen molar-refractivity contribution < 1.29 is 45.4 Å². The average molecular weight is 503 g/mol. The van der Waals surface area contributed by atoms with Crippen LogP contribution >= 0.6 is 0 Å². The zero-order valence-electron chi connectivity index (χ0n) is 19.4. The fourth-order valence-electron chi connectivity index (χ4n) is 3.00. The van der Waals surface area contributed by atoms with E-state index in [0.717, 1.165) is 0 Å². The summed E-state index contributed by atoms with van der Waals surface area (Å²) in [6.07, 6.45) is -0.560. The predicted octanol–water partition coefficient (Wildman–Crippen LogP) is 5.68. The average Bonchev–Trinajstić information content (AvgIpc) is 2.77. The van der Waals surface area contributed by atoms with Gasteiger partial charge in [0.2, 0.25) is 44.6 Å². The van der Waals surface area contributed by atoms with Gasteiger partial charge in [-0.05, 0) is 37.9 Å². The second kappa shape index (κ2) is 9.18. The maximum Gasteiger partial charge on any atom is 0.344 e. The third-order valence-corrected chi connectivity index (χ3v) is 6.24. The number of carbonyl (C=O) groups excluding carboxylic acids is 1. The first-order chi connectivity index (χ1) is 15.6. The van der Waals surface area contributed by atoms with Crippen molar-refractivity contribution in [1.29, 1.82) is 0 Å². The largest absolute Gasteiger partial charge is 0.486 e. The second-order valence-electron chi connectivity index (χ2n) is 9.33. The van der Waals surface area contributed by atoms with Crippen LogP contribution in [0, 0.1) is 36.0 Å². The summed E-state index contributed by atoms with van der Waals surface area (Å²) in [7, 11) is 0.170. The minimum atomic E-state index is -2.35. The summed E-state index contributed by atoms with van der Waals surface area (Å²) in [6.45, 7) is 11.4. The van der Waals surface area contributed by atoms with E-state index in [2.05, 4.69) is 4.74 Å². The van der Waals surface area contributed by atoms with Gasteiger partial charge in [-0.2, -0.15) is 8.78 Å². The quantitative estimate of drug-likeness (QED) is 0.131. The van der Waals surface area contributed by atoms with Crippen LogP contribution in [0.15, 0.2) is 12.1 Å². The molecule has 0 aromatic heterocycles. The predicted molar refractivity (Wildman–Crippen MR) is 113 cm³/mol. The number of fused-ring (bicyclic) bond motifs is 1. The summed E-state index contributed by atoms with van der Waals surface area (Å²) in [5.41, 5.74) is -0.769. The number of esters is 1. The van der Waals surface area contributed by atoms with Gasteiger partial charge in [-0.3, -0.25) is 0 Å². The zero-order valence-corrected chi connectivity index (χ0v) is 20.4. The Labute approximate surface area is 196 Å². The SMILES string of the molecule is Cc1c(C(=O)Oc2c(F)c(F)c(F)c(F)c2F)ccc2c1O[C@H](C(C)(C)O[Si]C(C)(C)C)CO2. The Morgan fingerprint density at radius 3 is 2.09 bits per heavy atom. The molecule has 0 aliphatic carbocycles. The highest BCUT2D eigenvalue weighted by atomic mass is 28.2. The van der Waals surface area contributed by atoms with E-state index in [-0.39, 0.29) is 38.3 Å². The van der Waals surface area contributed by atoms with E-state index in [1.807, 2.05) is 34.6 Å². The molecule has 3 rings (SSSR count). The number of halogens is 5. The van der Waals surface area contributed by atoms with Gasteiger partial charge in [-0.1, -0.05) is 20.8 Å². The Morgan fingerprint density at radius 2 is 1.53 bits per heavy atom. The topological polar surface area (TPSA) is 54.0 Å². The minimum Gasteiger partial charge on any atom is -0.486 e. The van der Waals surface area contributed by atoms with Gasteiger partial charge in [0.15, 0.2) is 17.6 Å². The Balaban J connectivity index is 1.88. The van der Waals surface area contributed by atoms with E-state index >= 15 is 0 Å². The fourth-order valence-corrected chi connectivity index (χ4v) is 3.71. The molecule has 1 aliphatic heterocycles. The van der Waals surface area contributed by atoms with Gasteiger partial charge in [0, 0.05) is 5.56 Å². The number of carbonyl (C=O) groups is 1. The molecule has 0 bridgehead atoms. The van der Waals surface area contributed by atoms with Crippen LogP contribution in [-0.2, 0) is 4.43 Å². The molecule has 1 aliphatic rings. The van der Waals surface area contributed by atoms with E-state index in [1.165, 1.54) is 19.1 Å². The van der Waals surface area contributed by atoms with E-state index in [0.29, 0.717) is 5.75 Å². The Morgan fingerprint density at radius 1 is 0.971 bits per heavy atom. The van der Waals surface area contributed by atoms with Crippen molar-refractivity contribution in [1.82, 2.24) is 0 Å². The second-order valence-corrected chi connectivity index (χ2v) is 11.2. The van der Waals surface area contributed by atoms with E-state index in [1.54, 1.807) is 0 Å². The van der Waals surface area contributed by atoms with Crippen molar-refractivity contribution in [3.8, 4) is 17.2 Å². The molecule has 184 valence electrons. The molecule has 0 fully saturated rings. The third-order valence-electron chi connectivity index (χ3n) is 5.00. The van der Waals surface area contributed by atoms with E-state index in [4.69, 9.17) is 13.9 Å². The number of rotatable bonds is 5. The summed E-state index contributed by atoms with van der Waals surface area (Å²) in [5.74, 6) is -13.8. The van der Waals surface area contributed by atoms with Crippen LogP contribution in [0.25, 0.3) is 0 Å². The summed E-state index contributed by atoms with van der Waals surface area (Å²) < 4.78 is 90.5. The van der Waals surface area contributed by atoms with Gasteiger partial charge in [0.1, 0.15) is 6.61 Å². The van der Waals surface area contributed by atoms with Gasteiger partial charge in [-0.15, -0.1) is 0 Å². The normalized spacial score (nSPS) is 15.9. The van der Waals surface area contributed by atoms with Gasteiger partial charge in [0.25, 0.3) is 0 Å². The molecule has 0 unspecified atom stereocenters. The van der Waals surface area contributed by atoms with Crippen molar-refractivity contribution in [3.05, 3.63) is 52.3 Å². The molecule has 34 heavy (non-hydrogen) atoms. The van der Waals surface area contributed by atoms with Crippen LogP contribution < -0.4 is 14.2 Å². The van der Waals surface area contributed by atoms with Crippen LogP contribution in [0.2, 0.25) is 5.04 Å². The molecule has 0 amide bonds. The minimum absolute atomic E-state index is 0.0681. The molecule has 1 atom stereocenters. The number of hydrogen-bond donors (Lipinski definition) is 0. The van der Waals surface area contributed by atoms with Crippen molar-refractivity contribution in [2.24, 2.45) is 0 Å². The Bertz CT molecular complexity index is 1100. The molecule has 0 saturated carbocycles. The molecule has 0 N–H and O–H groups in total. The standard InChI is InChI=1S/C23H23F5O5Si/c1-10-11(21(29)32-20-17(27)15(25)14(24)16(26)18(20)28)7-8-12-19(10)31-13(9-30-12)23(5,6)33-34-22(2,3)4/h7-8,13H,9H2,1-6H3/t13-/m0/s1. The smallest absolute Gasteiger partial charge is 0.344 e. The Kier molecular flexibility index (Phi) is 7.01. The maximum absolute atomic E-state index is 13.9. The highest BCUT2D eigenvalue weighted by Gasteiger charge is 2.39. The number of hydrogen-bond acceptors (Lipinski definition) is 5. The monoisotopic (exact) mass is 502 g/mol. The lowest BCUT2D eigenvalue weighted by molar-refractivity contribution is -0.0503. The molecule has 0 saturated heterocycles. The lowest BCUT2D eigenvalue weighted by Crippen LogP contribution is -2.49. The van der Waals surface area contributed by atoms with Crippen LogP contribution in [-0.4, -0.2) is 34.0 Å². The van der Waals surface area contributed by atoms with Crippen molar-refractivity contribution >= 4 is 15.7 Å². The molecule has 11 heteroatoms. The zero-order chi connectivity index (χ0) is 25.6. The highest BCUT2D eigenvalue weighted by Crippen LogP contribution is 2.40. The third kappa shape index (κ3) is 5.04. The van der Waals surface area contributed by atoms with Crippen LogP contribution in [0.4, 0.5) is 22.0 Å². The first kappa shape index (κ1) is 26.0. The lowest BCUT2D eigenvalue weighted by Gasteiger charge is -2.39. The van der Waals surface area contributed by atoms with Gasteiger partial charge in [-0.25, -0.2) is 18.0 Å². The highest BCUT2D eigenvalue weighted by molar-refractivity contribution is 6.31. The van der Waals surface area contributed by atoms with Crippen LogP contribution in [0.3, 0.4) is 0 Å². The summed E-state index contributed by atoms with van der Waals surface area (Å²) >= 11 is 0. The molecular formula is C23H23F5O5Si. The lowest BCUT2D eigenvalue weighted by atomic mass is 10.0. The van der Waals surface area contributed by atoms with Crippen molar-refractivity contribution in [3.63, 3.8) is 0 Å². The fraction of sp³-hybridized carbons (Fsp3) is 0.435. The first-order valence-corrected chi connectivity index (χ1v) is 11.2. The molecule has 2 aromatic rings. The van der Waals surface area contributed by atoms with Crippen molar-refractivity contribution in [2.75, 3.05) is 6.61 Å². The molecule has 5 nitrogen and oxygen atoms in total. The van der Waals surface area contributed by atoms with E-state index < -0.39 is 52.5 Å². The molecular weight excluding hydrogens is 479 g/mol. The van der Waals surface area contributed by atoms with Gasteiger partial charge in [0.05, 0.1) is 11.2 Å². The number of ether oxygens (including phenoxy) is 3. The Hall–Kier alpha value is -2.66.